The molecule has 0 spiro atoms. The number of halogens is 3. The smallest absolute Gasteiger partial charge is 0.392 e. The summed E-state index contributed by atoms with van der Waals surface area (Å²) in [5, 5.41) is 22.8. The average Bonchev–Trinajstić information content (AvgIpc) is 2.72. The van der Waals surface area contributed by atoms with Crippen molar-refractivity contribution in [1.82, 2.24) is 19.9 Å². The van der Waals surface area contributed by atoms with Gasteiger partial charge in [-0.2, -0.15) is 18.4 Å². The van der Waals surface area contributed by atoms with Gasteiger partial charge in [-0.05, 0) is 31.1 Å². The summed E-state index contributed by atoms with van der Waals surface area (Å²) >= 11 is 0. The Hall–Kier alpha value is -3.00. The quantitative estimate of drug-likeness (QED) is 0.628. The summed E-state index contributed by atoms with van der Waals surface area (Å²) in [5.41, 5.74) is 0.290. The molecule has 2 aromatic rings. The van der Waals surface area contributed by atoms with E-state index >= 15 is 0 Å². The zero-order valence-electron chi connectivity index (χ0n) is 18.1. The monoisotopic (exact) mass is 450 g/mol. The molecule has 1 aliphatic carbocycles. The first kappa shape index (κ1) is 23.7. The SMILES string of the molecule is CC1(C)[C@H](Cc2nc(NCc3cncnc3OCCC(F)(F)F)ncc2C#N)C[C@]1(C)O. The largest absolute Gasteiger partial charge is 0.477 e. The van der Waals surface area contributed by atoms with Crippen LogP contribution in [0.4, 0.5) is 19.1 Å². The number of anilines is 1. The van der Waals surface area contributed by atoms with Gasteiger partial charge in [-0.3, -0.25) is 0 Å². The number of rotatable bonds is 8. The lowest BCUT2D eigenvalue weighted by Gasteiger charge is -2.57. The number of nitrogens with one attached hydrogen (secondary N) is 1. The van der Waals surface area contributed by atoms with Gasteiger partial charge in [0.05, 0.1) is 41.6 Å². The fraction of sp³-hybridized carbons (Fsp3) is 0.571. The Kier molecular flexibility index (Phi) is 6.55. The van der Waals surface area contributed by atoms with Crippen molar-refractivity contribution >= 4 is 5.95 Å². The van der Waals surface area contributed by atoms with Crippen molar-refractivity contribution in [2.45, 2.75) is 58.4 Å². The molecule has 1 aliphatic rings. The maximum Gasteiger partial charge on any atom is 0.392 e. The molecule has 0 radical (unpaired) electrons. The van der Waals surface area contributed by atoms with E-state index in [2.05, 4.69) is 31.3 Å². The molecular formula is C21H25F3N6O2. The van der Waals surface area contributed by atoms with Crippen LogP contribution < -0.4 is 10.1 Å². The lowest BCUT2D eigenvalue weighted by Crippen LogP contribution is -2.59. The number of aliphatic hydroxyl groups is 1. The Morgan fingerprint density at radius 1 is 1.28 bits per heavy atom. The molecule has 32 heavy (non-hydrogen) atoms. The maximum atomic E-state index is 12.4. The van der Waals surface area contributed by atoms with E-state index in [-0.39, 0.29) is 29.7 Å². The Balaban J connectivity index is 1.68. The van der Waals surface area contributed by atoms with Crippen LogP contribution >= 0.6 is 0 Å². The van der Waals surface area contributed by atoms with Crippen molar-refractivity contribution in [3.8, 4) is 11.9 Å². The molecule has 2 atom stereocenters. The molecule has 172 valence electrons. The Morgan fingerprint density at radius 2 is 2.03 bits per heavy atom. The van der Waals surface area contributed by atoms with Crippen LogP contribution in [0.5, 0.6) is 5.88 Å². The highest BCUT2D eigenvalue weighted by molar-refractivity contribution is 5.38. The molecule has 11 heteroatoms. The Morgan fingerprint density at radius 3 is 2.66 bits per heavy atom. The van der Waals surface area contributed by atoms with Gasteiger partial charge < -0.3 is 15.2 Å². The van der Waals surface area contributed by atoms with Crippen molar-refractivity contribution in [1.29, 1.82) is 5.26 Å². The highest BCUT2D eigenvalue weighted by atomic mass is 19.4. The summed E-state index contributed by atoms with van der Waals surface area (Å²) in [5.74, 6) is 0.459. The van der Waals surface area contributed by atoms with Crippen LogP contribution in [0.25, 0.3) is 0 Å². The second-order valence-corrected chi connectivity index (χ2v) is 8.69. The Bertz CT molecular complexity index is 1000. The summed E-state index contributed by atoms with van der Waals surface area (Å²) in [6.07, 6.45) is -0.223. The predicted octanol–water partition coefficient (Wildman–Crippen LogP) is 3.42. The summed E-state index contributed by atoms with van der Waals surface area (Å²) < 4.78 is 42.2. The summed E-state index contributed by atoms with van der Waals surface area (Å²) in [4.78, 5) is 16.4. The first-order valence-corrected chi connectivity index (χ1v) is 10.1. The lowest BCUT2D eigenvalue weighted by molar-refractivity contribution is -0.181. The summed E-state index contributed by atoms with van der Waals surface area (Å²) in [6.45, 7) is 5.35. The minimum atomic E-state index is -4.32. The molecule has 2 heterocycles. The van der Waals surface area contributed by atoms with Crippen molar-refractivity contribution < 1.29 is 23.0 Å². The van der Waals surface area contributed by atoms with Gasteiger partial charge in [0.15, 0.2) is 0 Å². The molecule has 2 aromatic heterocycles. The lowest BCUT2D eigenvalue weighted by atomic mass is 9.51. The number of hydrogen-bond donors (Lipinski definition) is 2. The van der Waals surface area contributed by atoms with Gasteiger partial charge in [0, 0.05) is 12.7 Å². The molecular weight excluding hydrogens is 425 g/mol. The van der Waals surface area contributed by atoms with Crippen LogP contribution in [0.3, 0.4) is 0 Å². The van der Waals surface area contributed by atoms with Crippen LogP contribution in [0.15, 0.2) is 18.7 Å². The van der Waals surface area contributed by atoms with Gasteiger partial charge in [-0.1, -0.05) is 13.8 Å². The molecule has 0 aromatic carbocycles. The maximum absolute atomic E-state index is 12.4. The van der Waals surface area contributed by atoms with E-state index in [9.17, 15) is 23.5 Å². The number of hydrogen-bond acceptors (Lipinski definition) is 8. The molecule has 1 fully saturated rings. The number of ether oxygens (including phenoxy) is 1. The molecule has 0 unspecified atom stereocenters. The molecule has 1 saturated carbocycles. The molecule has 2 N–H and O–H groups in total. The van der Waals surface area contributed by atoms with Crippen LogP contribution in [0.2, 0.25) is 0 Å². The van der Waals surface area contributed by atoms with Crippen molar-refractivity contribution in [2.24, 2.45) is 11.3 Å². The van der Waals surface area contributed by atoms with Crippen molar-refractivity contribution in [3.05, 3.63) is 35.5 Å². The van der Waals surface area contributed by atoms with Crippen molar-refractivity contribution in [2.75, 3.05) is 11.9 Å². The molecule has 8 nitrogen and oxygen atoms in total. The van der Waals surface area contributed by atoms with Gasteiger partial charge in [-0.15, -0.1) is 0 Å². The third-order valence-corrected chi connectivity index (χ3v) is 6.29. The van der Waals surface area contributed by atoms with Crippen LogP contribution in [-0.4, -0.2) is 43.4 Å². The zero-order chi connectivity index (χ0) is 23.6. The molecule has 3 rings (SSSR count). The minimum Gasteiger partial charge on any atom is -0.477 e. The van der Waals surface area contributed by atoms with Crippen LogP contribution in [-0.2, 0) is 13.0 Å². The summed E-state index contributed by atoms with van der Waals surface area (Å²) in [6, 6.07) is 2.10. The third-order valence-electron chi connectivity index (χ3n) is 6.29. The highest BCUT2D eigenvalue weighted by Crippen LogP contribution is 2.55. The number of nitriles is 1. The van der Waals surface area contributed by atoms with Crippen LogP contribution in [0, 0.1) is 22.7 Å². The Labute approximate surface area is 183 Å². The normalized spacial score (nSPS) is 22.0. The molecule has 0 bridgehead atoms. The second-order valence-electron chi connectivity index (χ2n) is 8.69. The number of nitrogens with zero attached hydrogens (tertiary/aromatic N) is 5. The molecule has 0 saturated heterocycles. The first-order valence-electron chi connectivity index (χ1n) is 10.1. The van der Waals surface area contributed by atoms with Crippen molar-refractivity contribution in [3.63, 3.8) is 0 Å². The fourth-order valence-electron chi connectivity index (χ4n) is 3.65. The van der Waals surface area contributed by atoms with Gasteiger partial charge in [0.25, 0.3) is 0 Å². The van der Waals surface area contributed by atoms with E-state index < -0.39 is 24.8 Å². The van der Waals surface area contributed by atoms with Gasteiger partial charge in [0.1, 0.15) is 12.4 Å². The van der Waals surface area contributed by atoms with Gasteiger partial charge in [0.2, 0.25) is 11.8 Å². The topological polar surface area (TPSA) is 117 Å². The van der Waals surface area contributed by atoms with E-state index in [0.29, 0.717) is 29.7 Å². The predicted molar refractivity (Wildman–Crippen MR) is 108 cm³/mol. The van der Waals surface area contributed by atoms with Gasteiger partial charge >= 0.3 is 6.18 Å². The first-order chi connectivity index (χ1) is 14.9. The summed E-state index contributed by atoms with van der Waals surface area (Å²) in [7, 11) is 0. The van der Waals surface area contributed by atoms with E-state index in [1.165, 1.54) is 18.7 Å². The number of alkyl halides is 3. The third kappa shape index (κ3) is 5.24. The van der Waals surface area contributed by atoms with Gasteiger partial charge in [-0.25, -0.2) is 19.9 Å². The molecule has 0 aliphatic heterocycles. The van der Waals surface area contributed by atoms with E-state index in [4.69, 9.17) is 4.74 Å². The zero-order valence-corrected chi connectivity index (χ0v) is 18.1. The number of aromatic nitrogens is 4. The highest BCUT2D eigenvalue weighted by Gasteiger charge is 2.55. The minimum absolute atomic E-state index is 0.0454. The average molecular weight is 450 g/mol. The molecule has 0 amide bonds. The van der Waals surface area contributed by atoms with E-state index in [1.807, 2.05) is 13.8 Å². The van der Waals surface area contributed by atoms with Crippen LogP contribution in [0.1, 0.15) is 50.4 Å². The standard InChI is InChI=1S/C21H25F3N6O2/c1-19(2)15(7-20(19,3)31)6-16-13(8-25)10-27-18(30-16)28-11-14-9-26-12-29-17(14)32-5-4-21(22,23)24/h9-10,12,15,31H,4-7,11H2,1-3H3,(H,27,28,30)/t15-,20+/m1/s1. The van der Waals surface area contributed by atoms with E-state index in [1.54, 1.807) is 6.92 Å². The second kappa shape index (κ2) is 8.86. The van der Waals surface area contributed by atoms with E-state index in [0.717, 1.165) is 0 Å². The fourth-order valence-corrected chi connectivity index (χ4v) is 3.65.